The van der Waals surface area contributed by atoms with Crippen LogP contribution in [0.4, 0.5) is 15.8 Å². The van der Waals surface area contributed by atoms with Gasteiger partial charge in [0.25, 0.3) is 0 Å². The molecule has 1 saturated heterocycles. The Morgan fingerprint density at radius 2 is 1.85 bits per heavy atom. The molecule has 0 aromatic heterocycles. The SMILES string of the molecule is Cc1ccc(N2C(=O)CS[C@@H]2c2ccc(NC(=O)C(C)(C)C)cc2)cc1F. The van der Waals surface area contributed by atoms with Crippen LogP contribution in [-0.4, -0.2) is 17.6 Å². The van der Waals surface area contributed by atoms with Crippen LogP contribution in [-0.2, 0) is 9.59 Å². The van der Waals surface area contributed by atoms with Gasteiger partial charge in [-0.15, -0.1) is 11.8 Å². The van der Waals surface area contributed by atoms with Gasteiger partial charge in [0.15, 0.2) is 0 Å². The zero-order valence-electron chi connectivity index (χ0n) is 15.9. The lowest BCUT2D eigenvalue weighted by atomic mass is 9.95. The van der Waals surface area contributed by atoms with Crippen molar-refractivity contribution in [2.45, 2.75) is 33.1 Å². The Labute approximate surface area is 163 Å². The molecular formula is C21H23FN2O2S. The van der Waals surface area contributed by atoms with Gasteiger partial charge in [-0.2, -0.15) is 0 Å². The fourth-order valence-corrected chi connectivity index (χ4v) is 3.91. The molecule has 0 spiro atoms. The highest BCUT2D eigenvalue weighted by atomic mass is 32.2. The van der Waals surface area contributed by atoms with E-state index >= 15 is 0 Å². The number of nitrogens with zero attached hydrogens (tertiary/aromatic N) is 1. The summed E-state index contributed by atoms with van der Waals surface area (Å²) in [6.45, 7) is 7.27. The fourth-order valence-electron chi connectivity index (χ4n) is 2.73. The smallest absolute Gasteiger partial charge is 0.238 e. The van der Waals surface area contributed by atoms with Crippen LogP contribution in [0, 0.1) is 18.2 Å². The fraction of sp³-hybridized carbons (Fsp3) is 0.333. The van der Waals surface area contributed by atoms with Gasteiger partial charge in [0.1, 0.15) is 11.2 Å². The Bertz CT molecular complexity index is 875. The van der Waals surface area contributed by atoms with Crippen LogP contribution in [0.2, 0.25) is 0 Å². The number of amides is 2. The minimum absolute atomic E-state index is 0.0432. The first-order chi connectivity index (χ1) is 12.7. The zero-order valence-corrected chi connectivity index (χ0v) is 16.7. The molecule has 1 atom stereocenters. The first kappa shape index (κ1) is 19.4. The van der Waals surface area contributed by atoms with E-state index in [9.17, 15) is 14.0 Å². The molecule has 6 heteroatoms. The summed E-state index contributed by atoms with van der Waals surface area (Å²) < 4.78 is 14.0. The van der Waals surface area contributed by atoms with E-state index < -0.39 is 5.41 Å². The molecule has 27 heavy (non-hydrogen) atoms. The second-order valence-corrected chi connectivity index (χ2v) is 8.76. The normalized spacial score (nSPS) is 17.3. The molecule has 2 amide bonds. The van der Waals surface area contributed by atoms with Crippen molar-refractivity contribution >= 4 is 35.0 Å². The summed E-state index contributed by atoms with van der Waals surface area (Å²) in [6, 6.07) is 12.3. The lowest BCUT2D eigenvalue weighted by Gasteiger charge is -2.25. The van der Waals surface area contributed by atoms with Gasteiger partial charge in [-0.3, -0.25) is 14.5 Å². The number of nitrogens with one attached hydrogen (secondary N) is 1. The van der Waals surface area contributed by atoms with E-state index in [1.807, 2.05) is 45.0 Å². The second kappa shape index (κ2) is 7.35. The van der Waals surface area contributed by atoms with Crippen LogP contribution in [0.15, 0.2) is 42.5 Å². The highest BCUT2D eigenvalue weighted by molar-refractivity contribution is 8.00. The molecule has 2 aromatic carbocycles. The Morgan fingerprint density at radius 1 is 1.19 bits per heavy atom. The van der Waals surface area contributed by atoms with E-state index in [-0.39, 0.29) is 23.0 Å². The maximum Gasteiger partial charge on any atom is 0.238 e. The number of anilines is 2. The number of thioether (sulfide) groups is 1. The van der Waals surface area contributed by atoms with Gasteiger partial charge in [0.05, 0.1) is 5.75 Å². The second-order valence-electron chi connectivity index (χ2n) is 7.69. The molecule has 2 aromatic rings. The maximum absolute atomic E-state index is 14.0. The predicted octanol–water partition coefficient (Wildman–Crippen LogP) is 4.90. The van der Waals surface area contributed by atoms with Gasteiger partial charge in [-0.1, -0.05) is 39.0 Å². The number of benzene rings is 2. The van der Waals surface area contributed by atoms with E-state index in [1.165, 1.54) is 17.8 Å². The average Bonchev–Trinajstić information content (AvgIpc) is 2.99. The summed E-state index contributed by atoms with van der Waals surface area (Å²) in [7, 11) is 0. The molecule has 1 fully saturated rings. The monoisotopic (exact) mass is 386 g/mol. The van der Waals surface area contributed by atoms with Gasteiger partial charge >= 0.3 is 0 Å². The number of rotatable bonds is 3. The number of halogens is 1. The van der Waals surface area contributed by atoms with Crippen LogP contribution in [0.25, 0.3) is 0 Å². The summed E-state index contributed by atoms with van der Waals surface area (Å²) in [5.41, 5.74) is 2.27. The van der Waals surface area contributed by atoms with Crippen molar-refractivity contribution in [2.75, 3.05) is 16.0 Å². The maximum atomic E-state index is 14.0. The van der Waals surface area contributed by atoms with Crippen LogP contribution in [0.5, 0.6) is 0 Å². The topological polar surface area (TPSA) is 49.4 Å². The molecular weight excluding hydrogens is 363 g/mol. The Kier molecular flexibility index (Phi) is 5.29. The van der Waals surface area contributed by atoms with Gasteiger partial charge in [-0.05, 0) is 42.3 Å². The number of hydrogen-bond donors (Lipinski definition) is 1. The number of carbonyl (C=O) groups is 2. The van der Waals surface area contributed by atoms with Gasteiger partial charge < -0.3 is 5.32 Å². The molecule has 4 nitrogen and oxygen atoms in total. The Balaban J connectivity index is 1.83. The highest BCUT2D eigenvalue weighted by Crippen LogP contribution is 2.42. The highest BCUT2D eigenvalue weighted by Gasteiger charge is 2.34. The minimum atomic E-state index is -0.474. The van der Waals surface area contributed by atoms with E-state index in [0.29, 0.717) is 22.7 Å². The predicted molar refractivity (Wildman–Crippen MR) is 108 cm³/mol. The Morgan fingerprint density at radius 3 is 2.44 bits per heavy atom. The average molecular weight is 386 g/mol. The molecule has 0 radical (unpaired) electrons. The van der Waals surface area contributed by atoms with Crippen LogP contribution < -0.4 is 10.2 Å². The van der Waals surface area contributed by atoms with Crippen molar-refractivity contribution in [3.63, 3.8) is 0 Å². The molecule has 3 rings (SSSR count). The first-order valence-corrected chi connectivity index (χ1v) is 9.83. The van der Waals surface area contributed by atoms with Crippen LogP contribution in [0.3, 0.4) is 0 Å². The lowest BCUT2D eigenvalue weighted by molar-refractivity contribution is -0.123. The van der Waals surface area contributed by atoms with Crippen molar-refractivity contribution < 1.29 is 14.0 Å². The molecule has 0 unspecified atom stereocenters. The van der Waals surface area contributed by atoms with E-state index in [2.05, 4.69) is 5.32 Å². The molecule has 0 bridgehead atoms. The van der Waals surface area contributed by atoms with Crippen molar-refractivity contribution in [3.8, 4) is 0 Å². The summed E-state index contributed by atoms with van der Waals surface area (Å²) >= 11 is 1.51. The van der Waals surface area contributed by atoms with Gasteiger partial charge in [-0.25, -0.2) is 4.39 Å². The number of carbonyl (C=O) groups excluding carboxylic acids is 2. The third kappa shape index (κ3) is 4.16. The lowest BCUT2D eigenvalue weighted by Crippen LogP contribution is -2.28. The van der Waals surface area contributed by atoms with Crippen molar-refractivity contribution in [1.82, 2.24) is 0 Å². The number of aryl methyl sites for hydroxylation is 1. The molecule has 1 N–H and O–H groups in total. The molecule has 0 aliphatic carbocycles. The summed E-state index contributed by atoms with van der Waals surface area (Å²) in [5.74, 6) is -0.0742. The third-order valence-corrected chi connectivity index (χ3v) is 5.65. The quantitative estimate of drug-likeness (QED) is 0.816. The summed E-state index contributed by atoms with van der Waals surface area (Å²) in [6.07, 6.45) is 0. The zero-order chi connectivity index (χ0) is 19.8. The summed E-state index contributed by atoms with van der Waals surface area (Å²) in [5, 5.41) is 2.67. The van der Waals surface area contributed by atoms with E-state index in [0.717, 1.165) is 5.56 Å². The largest absolute Gasteiger partial charge is 0.326 e. The minimum Gasteiger partial charge on any atom is -0.326 e. The van der Waals surface area contributed by atoms with Crippen LogP contribution in [0.1, 0.15) is 37.3 Å². The molecule has 0 saturated carbocycles. The molecule has 1 heterocycles. The Hall–Kier alpha value is -2.34. The standard InChI is InChI=1S/C21H23FN2O2S/c1-13-5-10-16(11-17(13)22)24-18(25)12-27-19(24)14-6-8-15(9-7-14)23-20(26)21(2,3)4/h5-11,19H,12H2,1-4H3,(H,23,26)/t19-/m1/s1. The van der Waals surface area contributed by atoms with Crippen molar-refractivity contribution in [1.29, 1.82) is 0 Å². The van der Waals surface area contributed by atoms with Crippen molar-refractivity contribution in [2.24, 2.45) is 5.41 Å². The number of hydrogen-bond acceptors (Lipinski definition) is 3. The van der Waals surface area contributed by atoms with E-state index in [1.54, 1.807) is 24.0 Å². The molecule has 1 aliphatic heterocycles. The molecule has 142 valence electrons. The van der Waals surface area contributed by atoms with E-state index in [4.69, 9.17) is 0 Å². The van der Waals surface area contributed by atoms with Crippen molar-refractivity contribution in [3.05, 3.63) is 59.4 Å². The van der Waals surface area contributed by atoms with Crippen LogP contribution >= 0.6 is 11.8 Å². The third-order valence-electron chi connectivity index (χ3n) is 4.44. The summed E-state index contributed by atoms with van der Waals surface area (Å²) in [4.78, 5) is 26.1. The first-order valence-electron chi connectivity index (χ1n) is 8.78. The van der Waals surface area contributed by atoms with Gasteiger partial charge in [0, 0.05) is 16.8 Å². The molecule has 1 aliphatic rings. The van der Waals surface area contributed by atoms with Gasteiger partial charge in [0.2, 0.25) is 11.8 Å².